The van der Waals surface area contributed by atoms with Gasteiger partial charge in [-0.3, -0.25) is 0 Å². The lowest BCUT2D eigenvalue weighted by Gasteiger charge is -2.17. The van der Waals surface area contributed by atoms with E-state index in [2.05, 4.69) is 29.1 Å². The van der Waals surface area contributed by atoms with Crippen LogP contribution in [0.5, 0.6) is 0 Å². The first-order valence-electron chi connectivity index (χ1n) is 6.89. The highest BCUT2D eigenvalue weighted by atomic mass is 19.1. The lowest BCUT2D eigenvalue weighted by molar-refractivity contribution is 0.618. The van der Waals surface area contributed by atoms with Gasteiger partial charge < -0.3 is 5.32 Å². The summed E-state index contributed by atoms with van der Waals surface area (Å²) in [5.74, 6) is 0.945. The minimum Gasteiger partial charge on any atom is -0.370 e. The molecular weight excluding hydrogens is 253 g/mol. The molecule has 3 nitrogen and oxygen atoms in total. The van der Waals surface area contributed by atoms with Crippen LogP contribution in [0.3, 0.4) is 0 Å². The molecular formula is C16H20FN3. The molecule has 0 atom stereocenters. The summed E-state index contributed by atoms with van der Waals surface area (Å²) in [5, 5.41) is 3.27. The van der Waals surface area contributed by atoms with Crippen LogP contribution in [0.4, 0.5) is 10.2 Å². The summed E-state index contributed by atoms with van der Waals surface area (Å²) in [6, 6.07) is 5.09. The number of anilines is 1. The van der Waals surface area contributed by atoms with Gasteiger partial charge in [0.05, 0.1) is 5.69 Å². The summed E-state index contributed by atoms with van der Waals surface area (Å²) in [4.78, 5) is 8.73. The van der Waals surface area contributed by atoms with Crippen molar-refractivity contribution >= 4 is 5.82 Å². The van der Waals surface area contributed by atoms with E-state index in [1.807, 2.05) is 13.0 Å². The molecule has 1 aromatic heterocycles. The lowest BCUT2D eigenvalue weighted by Crippen LogP contribution is -2.07. The maximum absolute atomic E-state index is 13.4. The Morgan fingerprint density at radius 1 is 1.25 bits per heavy atom. The Balaban J connectivity index is 2.60. The molecule has 4 heteroatoms. The molecule has 2 aromatic rings. The molecule has 1 aromatic carbocycles. The van der Waals surface area contributed by atoms with Gasteiger partial charge in [0.1, 0.15) is 18.0 Å². The average Bonchev–Trinajstić information content (AvgIpc) is 2.42. The Kier molecular flexibility index (Phi) is 4.32. The number of halogens is 1. The molecule has 0 saturated carbocycles. The SMILES string of the molecule is CCNc1ncnc(-c2ccc(F)c(C)c2)c1C(C)C. The lowest BCUT2D eigenvalue weighted by atomic mass is 9.96. The zero-order valence-corrected chi connectivity index (χ0v) is 12.4. The molecule has 0 radical (unpaired) electrons. The van der Waals surface area contributed by atoms with Crippen LogP contribution in [0.1, 0.15) is 37.8 Å². The van der Waals surface area contributed by atoms with Crippen molar-refractivity contribution in [2.24, 2.45) is 0 Å². The monoisotopic (exact) mass is 273 g/mol. The highest BCUT2D eigenvalue weighted by Crippen LogP contribution is 2.32. The van der Waals surface area contributed by atoms with Gasteiger partial charge in [-0.05, 0) is 43.5 Å². The highest BCUT2D eigenvalue weighted by Gasteiger charge is 2.16. The number of nitrogens with one attached hydrogen (secondary N) is 1. The molecule has 1 heterocycles. The molecule has 106 valence electrons. The van der Waals surface area contributed by atoms with E-state index in [0.717, 1.165) is 29.2 Å². The van der Waals surface area contributed by atoms with Gasteiger partial charge in [-0.1, -0.05) is 13.8 Å². The first-order chi connectivity index (χ1) is 9.54. The maximum atomic E-state index is 13.4. The topological polar surface area (TPSA) is 37.8 Å². The molecule has 2 rings (SSSR count). The predicted molar refractivity (Wildman–Crippen MR) is 80.4 cm³/mol. The Bertz CT molecular complexity index is 609. The van der Waals surface area contributed by atoms with Crippen molar-refractivity contribution in [3.05, 3.63) is 41.5 Å². The number of hydrogen-bond acceptors (Lipinski definition) is 3. The summed E-state index contributed by atoms with van der Waals surface area (Å²) < 4.78 is 13.4. The Morgan fingerprint density at radius 2 is 2.00 bits per heavy atom. The fourth-order valence-corrected chi connectivity index (χ4v) is 2.27. The van der Waals surface area contributed by atoms with Crippen LogP contribution < -0.4 is 5.32 Å². The van der Waals surface area contributed by atoms with Crippen molar-refractivity contribution in [1.29, 1.82) is 0 Å². The van der Waals surface area contributed by atoms with Crippen molar-refractivity contribution in [2.45, 2.75) is 33.6 Å². The summed E-state index contributed by atoms with van der Waals surface area (Å²) in [6.07, 6.45) is 1.55. The zero-order chi connectivity index (χ0) is 14.7. The molecule has 0 aliphatic carbocycles. The second-order valence-corrected chi connectivity index (χ2v) is 5.13. The van der Waals surface area contributed by atoms with Gasteiger partial charge in [0, 0.05) is 17.7 Å². The van der Waals surface area contributed by atoms with E-state index in [-0.39, 0.29) is 11.7 Å². The van der Waals surface area contributed by atoms with Gasteiger partial charge in [0.2, 0.25) is 0 Å². The number of nitrogens with zero attached hydrogens (tertiary/aromatic N) is 2. The van der Waals surface area contributed by atoms with Crippen LogP contribution in [0.2, 0.25) is 0 Å². The van der Waals surface area contributed by atoms with E-state index in [0.29, 0.717) is 5.56 Å². The molecule has 0 fully saturated rings. The number of rotatable bonds is 4. The van der Waals surface area contributed by atoms with Gasteiger partial charge in [-0.15, -0.1) is 0 Å². The number of aryl methyl sites for hydroxylation is 1. The fraction of sp³-hybridized carbons (Fsp3) is 0.375. The van der Waals surface area contributed by atoms with Gasteiger partial charge >= 0.3 is 0 Å². The van der Waals surface area contributed by atoms with E-state index in [1.54, 1.807) is 19.3 Å². The zero-order valence-electron chi connectivity index (χ0n) is 12.4. The van der Waals surface area contributed by atoms with E-state index >= 15 is 0 Å². The van der Waals surface area contributed by atoms with E-state index in [4.69, 9.17) is 0 Å². The molecule has 0 aliphatic heterocycles. The fourth-order valence-electron chi connectivity index (χ4n) is 2.27. The maximum Gasteiger partial charge on any atom is 0.133 e. The van der Waals surface area contributed by atoms with Crippen molar-refractivity contribution in [3.8, 4) is 11.3 Å². The van der Waals surface area contributed by atoms with Gasteiger partial charge in [-0.2, -0.15) is 0 Å². The molecule has 0 spiro atoms. The van der Waals surface area contributed by atoms with Crippen LogP contribution in [0.15, 0.2) is 24.5 Å². The third kappa shape index (κ3) is 2.79. The summed E-state index contributed by atoms with van der Waals surface area (Å²) in [7, 11) is 0. The molecule has 0 aliphatic rings. The van der Waals surface area contributed by atoms with Crippen molar-refractivity contribution in [3.63, 3.8) is 0 Å². The Hall–Kier alpha value is -1.97. The van der Waals surface area contributed by atoms with Gasteiger partial charge in [0.25, 0.3) is 0 Å². The third-order valence-electron chi connectivity index (χ3n) is 3.24. The first-order valence-corrected chi connectivity index (χ1v) is 6.89. The molecule has 0 amide bonds. The minimum absolute atomic E-state index is 0.194. The first kappa shape index (κ1) is 14.4. The van der Waals surface area contributed by atoms with E-state index < -0.39 is 0 Å². The minimum atomic E-state index is -0.194. The van der Waals surface area contributed by atoms with Crippen LogP contribution in [-0.2, 0) is 0 Å². The molecule has 0 unspecified atom stereocenters. The molecule has 0 bridgehead atoms. The predicted octanol–water partition coefficient (Wildman–Crippen LogP) is 4.15. The third-order valence-corrected chi connectivity index (χ3v) is 3.24. The summed E-state index contributed by atoms with van der Waals surface area (Å²) in [6.45, 7) is 8.83. The van der Waals surface area contributed by atoms with Crippen LogP contribution in [-0.4, -0.2) is 16.5 Å². The summed E-state index contributed by atoms with van der Waals surface area (Å²) >= 11 is 0. The number of aromatic nitrogens is 2. The second kappa shape index (κ2) is 5.99. The van der Waals surface area contributed by atoms with E-state index in [9.17, 15) is 4.39 Å². The van der Waals surface area contributed by atoms with Crippen LogP contribution >= 0.6 is 0 Å². The smallest absolute Gasteiger partial charge is 0.133 e. The standard InChI is InChI=1S/C16H20FN3/c1-5-18-16-14(10(2)3)15(19-9-20-16)12-6-7-13(17)11(4)8-12/h6-10H,5H2,1-4H3,(H,18,19,20). The van der Waals surface area contributed by atoms with Crippen LogP contribution in [0, 0.1) is 12.7 Å². The van der Waals surface area contributed by atoms with Crippen molar-refractivity contribution in [2.75, 3.05) is 11.9 Å². The largest absolute Gasteiger partial charge is 0.370 e. The van der Waals surface area contributed by atoms with Crippen LogP contribution in [0.25, 0.3) is 11.3 Å². The number of hydrogen-bond donors (Lipinski definition) is 1. The van der Waals surface area contributed by atoms with Gasteiger partial charge in [0.15, 0.2) is 0 Å². The highest BCUT2D eigenvalue weighted by molar-refractivity contribution is 5.69. The average molecular weight is 273 g/mol. The van der Waals surface area contributed by atoms with Crippen molar-refractivity contribution in [1.82, 2.24) is 9.97 Å². The van der Waals surface area contributed by atoms with E-state index in [1.165, 1.54) is 6.07 Å². The quantitative estimate of drug-likeness (QED) is 0.909. The second-order valence-electron chi connectivity index (χ2n) is 5.13. The number of benzene rings is 1. The molecule has 1 N–H and O–H groups in total. The van der Waals surface area contributed by atoms with Gasteiger partial charge in [-0.25, -0.2) is 14.4 Å². The van der Waals surface area contributed by atoms with Crippen molar-refractivity contribution < 1.29 is 4.39 Å². The summed E-state index contributed by atoms with van der Waals surface area (Å²) in [5.41, 5.74) is 3.49. The normalized spacial score (nSPS) is 10.9. The Morgan fingerprint density at radius 3 is 2.60 bits per heavy atom. The molecule has 20 heavy (non-hydrogen) atoms. The Labute approximate surface area is 119 Å². The molecule has 0 saturated heterocycles.